The molecular weight excluding hydrogens is 634 g/mol. The van der Waals surface area contributed by atoms with Crippen molar-refractivity contribution in [3.05, 3.63) is 123 Å². The predicted octanol–water partition coefficient (Wildman–Crippen LogP) is 5.53. The van der Waals surface area contributed by atoms with E-state index in [0.717, 1.165) is 58.8 Å². The molecule has 10 heteroatoms. The van der Waals surface area contributed by atoms with Crippen LogP contribution in [-0.4, -0.2) is 87.4 Å². The number of methoxy groups -OCH3 is 3. The average Bonchev–Trinajstić information content (AvgIpc) is 3.75. The molecule has 6 rings (SSSR count). The lowest BCUT2D eigenvalue weighted by Gasteiger charge is -2.37. The maximum Gasteiger partial charge on any atom is 0.350 e. The Kier molecular flexibility index (Phi) is 11.7. The molecule has 10 nitrogen and oxygen atoms in total. The molecule has 0 N–H and O–H groups in total. The Morgan fingerprint density at radius 2 is 1.52 bits per heavy atom. The third kappa shape index (κ3) is 7.65. The Bertz CT molecular complexity index is 1680. The van der Waals surface area contributed by atoms with Gasteiger partial charge in [-0.25, -0.2) is 4.79 Å². The summed E-state index contributed by atoms with van der Waals surface area (Å²) >= 11 is 0. The Labute approximate surface area is 294 Å². The van der Waals surface area contributed by atoms with Gasteiger partial charge in [-0.05, 0) is 79.9 Å². The summed E-state index contributed by atoms with van der Waals surface area (Å²) in [6.07, 6.45) is 3.97. The number of hydrogen-bond acceptors (Lipinski definition) is 9. The van der Waals surface area contributed by atoms with Crippen molar-refractivity contribution in [1.82, 2.24) is 14.5 Å². The number of rotatable bonds is 15. The smallest absolute Gasteiger partial charge is 0.350 e. The number of benzene rings is 3. The van der Waals surface area contributed by atoms with E-state index < -0.39 is 17.9 Å². The fourth-order valence-corrected chi connectivity index (χ4v) is 7.24. The molecule has 0 bridgehead atoms. The minimum Gasteiger partial charge on any atom is -0.497 e. The van der Waals surface area contributed by atoms with Gasteiger partial charge < -0.3 is 33.3 Å². The van der Waals surface area contributed by atoms with E-state index in [1.54, 1.807) is 25.9 Å². The second kappa shape index (κ2) is 16.3. The summed E-state index contributed by atoms with van der Waals surface area (Å²) in [5.74, 6) is 1.50. The van der Waals surface area contributed by atoms with Crippen LogP contribution in [0.1, 0.15) is 53.4 Å². The van der Waals surface area contributed by atoms with Gasteiger partial charge in [0.05, 0.1) is 45.8 Å². The highest BCUT2D eigenvalue weighted by molar-refractivity contribution is 5.49. The van der Waals surface area contributed by atoms with Crippen LogP contribution in [0.4, 0.5) is 0 Å². The van der Waals surface area contributed by atoms with Crippen LogP contribution in [0.3, 0.4) is 0 Å². The molecule has 4 aromatic rings. The van der Waals surface area contributed by atoms with Crippen molar-refractivity contribution in [2.45, 2.75) is 62.7 Å². The quantitative estimate of drug-likeness (QED) is 0.118. The van der Waals surface area contributed by atoms with Crippen molar-refractivity contribution in [1.29, 1.82) is 0 Å². The molecule has 3 aromatic carbocycles. The number of ether oxygens (including phenoxy) is 6. The number of likely N-dealkylation sites (N-methyl/N-ethyl adjacent to an activating group) is 1. The molecule has 50 heavy (non-hydrogen) atoms. The third-order valence-electron chi connectivity index (χ3n) is 10.0. The lowest BCUT2D eigenvalue weighted by Crippen LogP contribution is -2.36. The maximum atomic E-state index is 13.6. The standard InChI is InChI=1S/C40H49N3O7/c1-28-26-43(39(44)41-36(28)24-32-12-9-21-42(32)2)38-37(48-23-22-45-3)25-35(50-38)27-49-40(29-10-7-6-8-11-29,30-13-17-33(46-4)18-14-30)31-15-19-34(47-5)20-16-31/h6-8,10-11,13-20,26,32,35,37-38H,9,12,21-25,27H2,1-5H3/t32?,35-,37+,38+/m0/s1. The average molecular weight is 684 g/mol. The molecular formula is C40H49N3O7. The van der Waals surface area contributed by atoms with Crippen LogP contribution in [0, 0.1) is 6.92 Å². The number of likely N-dealkylation sites (tertiary alicyclic amines) is 1. The van der Waals surface area contributed by atoms with Crippen molar-refractivity contribution in [2.24, 2.45) is 0 Å². The summed E-state index contributed by atoms with van der Waals surface area (Å²) in [5, 5.41) is 0. The molecule has 0 radical (unpaired) electrons. The van der Waals surface area contributed by atoms with Crippen LogP contribution in [0.5, 0.6) is 11.5 Å². The van der Waals surface area contributed by atoms with Gasteiger partial charge in [-0.2, -0.15) is 4.98 Å². The predicted molar refractivity (Wildman–Crippen MR) is 191 cm³/mol. The Balaban J connectivity index is 1.32. The first-order chi connectivity index (χ1) is 24.4. The van der Waals surface area contributed by atoms with Crippen LogP contribution in [-0.2, 0) is 31.0 Å². The molecule has 1 aromatic heterocycles. The van der Waals surface area contributed by atoms with Gasteiger partial charge >= 0.3 is 5.69 Å². The monoisotopic (exact) mass is 683 g/mol. The van der Waals surface area contributed by atoms with Gasteiger partial charge in [0.15, 0.2) is 6.23 Å². The first-order valence-electron chi connectivity index (χ1n) is 17.4. The van der Waals surface area contributed by atoms with Crippen LogP contribution in [0.2, 0.25) is 0 Å². The topological polar surface area (TPSA) is 93.5 Å². The van der Waals surface area contributed by atoms with Crippen LogP contribution in [0.15, 0.2) is 89.9 Å². The fourth-order valence-electron chi connectivity index (χ4n) is 7.24. The SMILES string of the molecule is COCCO[C@@H]1C[C@@H](COC(c2ccccc2)(c2ccc(OC)cc2)c2ccc(OC)cc2)O[C@H]1n1cc(C)c(CC2CCCN2C)nc1=O. The number of hydrogen-bond donors (Lipinski definition) is 0. The summed E-state index contributed by atoms with van der Waals surface area (Å²) in [7, 11) is 7.09. The van der Waals surface area contributed by atoms with Gasteiger partial charge in [-0.15, -0.1) is 0 Å². The number of aromatic nitrogens is 2. The van der Waals surface area contributed by atoms with Crippen molar-refractivity contribution >= 4 is 0 Å². The van der Waals surface area contributed by atoms with Gasteiger partial charge in [0.25, 0.3) is 0 Å². The Hall–Kier alpha value is -4.06. The molecule has 266 valence electrons. The zero-order valence-corrected chi connectivity index (χ0v) is 29.7. The molecule has 3 heterocycles. The summed E-state index contributed by atoms with van der Waals surface area (Å²) < 4.78 is 38.0. The fraction of sp³-hybridized carbons (Fsp3) is 0.450. The van der Waals surface area contributed by atoms with E-state index in [1.807, 2.05) is 79.9 Å². The van der Waals surface area contributed by atoms with Gasteiger partial charge in [0, 0.05) is 32.2 Å². The van der Waals surface area contributed by atoms with E-state index in [9.17, 15) is 4.79 Å². The Morgan fingerprint density at radius 1 is 0.880 bits per heavy atom. The molecule has 0 saturated carbocycles. The Morgan fingerprint density at radius 3 is 2.10 bits per heavy atom. The van der Waals surface area contributed by atoms with Gasteiger partial charge in [-0.1, -0.05) is 54.6 Å². The molecule has 2 fully saturated rings. The number of aryl methyl sites for hydroxylation is 1. The second-order valence-electron chi connectivity index (χ2n) is 13.1. The molecule has 0 aliphatic carbocycles. The molecule has 2 aliphatic rings. The minimum absolute atomic E-state index is 0.223. The van der Waals surface area contributed by atoms with Crippen molar-refractivity contribution < 1.29 is 28.4 Å². The first kappa shape index (κ1) is 35.8. The molecule has 1 unspecified atom stereocenters. The van der Waals surface area contributed by atoms with Crippen molar-refractivity contribution in [3.63, 3.8) is 0 Å². The summed E-state index contributed by atoms with van der Waals surface area (Å²) in [6.45, 7) is 4.11. The lowest BCUT2D eigenvalue weighted by molar-refractivity contribution is -0.0982. The first-order valence-corrected chi connectivity index (χ1v) is 17.4. The molecule has 2 aliphatic heterocycles. The van der Waals surface area contributed by atoms with Crippen molar-refractivity contribution in [3.8, 4) is 11.5 Å². The van der Waals surface area contributed by atoms with Gasteiger partial charge in [-0.3, -0.25) is 4.57 Å². The third-order valence-corrected chi connectivity index (χ3v) is 10.0. The van der Waals surface area contributed by atoms with Gasteiger partial charge in [0.2, 0.25) is 0 Å². The highest BCUT2D eigenvalue weighted by atomic mass is 16.6. The normalized spacial score (nSPS) is 21.1. The zero-order valence-electron chi connectivity index (χ0n) is 29.7. The molecule has 2 saturated heterocycles. The highest BCUT2D eigenvalue weighted by Crippen LogP contribution is 2.43. The van der Waals surface area contributed by atoms with E-state index in [2.05, 4.69) is 29.1 Å². The summed E-state index contributed by atoms with van der Waals surface area (Å²) in [4.78, 5) is 20.5. The van der Waals surface area contributed by atoms with E-state index in [0.29, 0.717) is 25.7 Å². The van der Waals surface area contributed by atoms with Crippen LogP contribution < -0.4 is 15.2 Å². The lowest BCUT2D eigenvalue weighted by atomic mass is 9.80. The van der Waals surface area contributed by atoms with Crippen LogP contribution >= 0.6 is 0 Å². The van der Waals surface area contributed by atoms with Crippen molar-refractivity contribution in [2.75, 3.05) is 54.7 Å². The van der Waals surface area contributed by atoms with E-state index in [1.165, 1.54) is 6.42 Å². The second-order valence-corrected chi connectivity index (χ2v) is 13.1. The van der Waals surface area contributed by atoms with Gasteiger partial charge in [0.1, 0.15) is 23.2 Å². The van der Waals surface area contributed by atoms with Crippen LogP contribution in [0.25, 0.3) is 0 Å². The minimum atomic E-state index is -1.00. The van der Waals surface area contributed by atoms with E-state index in [4.69, 9.17) is 28.4 Å². The summed E-state index contributed by atoms with van der Waals surface area (Å²) in [5.41, 5.74) is 3.27. The highest BCUT2D eigenvalue weighted by Gasteiger charge is 2.43. The largest absolute Gasteiger partial charge is 0.497 e. The molecule has 0 spiro atoms. The zero-order chi connectivity index (χ0) is 35.1. The maximum absolute atomic E-state index is 13.6. The molecule has 4 atom stereocenters. The number of nitrogens with zero attached hydrogens (tertiary/aromatic N) is 3. The van der Waals surface area contributed by atoms with E-state index >= 15 is 0 Å². The van der Waals surface area contributed by atoms with E-state index in [-0.39, 0.29) is 18.4 Å². The summed E-state index contributed by atoms with van der Waals surface area (Å²) in [6, 6.07) is 26.5. The molecule has 0 amide bonds.